The average molecular weight is 799 g/mol. The van der Waals surface area contributed by atoms with Gasteiger partial charge in [-0.05, 0) is 10.8 Å². The number of benzene rings is 6. The van der Waals surface area contributed by atoms with Gasteiger partial charge in [-0.3, -0.25) is 6.08 Å². The fourth-order valence-electron chi connectivity index (χ4n) is 6.71. The molecule has 8 rings (SSSR count). The fourth-order valence-corrected chi connectivity index (χ4v) is 7.65. The Kier molecular flexibility index (Phi) is 14.3. The molecule has 0 saturated carbocycles. The van der Waals surface area contributed by atoms with Crippen LogP contribution in [0.3, 0.4) is 0 Å². The van der Waals surface area contributed by atoms with Crippen LogP contribution in [0.25, 0.3) is 43.1 Å². The summed E-state index contributed by atoms with van der Waals surface area (Å²) in [6.45, 7) is 13.6. The van der Waals surface area contributed by atoms with E-state index in [-0.39, 0.29) is 35.6 Å². The molecule has 0 bridgehead atoms. The summed E-state index contributed by atoms with van der Waals surface area (Å²) in [6.07, 6.45) is 12.1. The first-order valence-corrected chi connectivity index (χ1v) is 19.1. The molecular formula is C49H48Cl2Zr-2. The summed E-state index contributed by atoms with van der Waals surface area (Å²) in [5, 5.41) is 10.9. The Labute approximate surface area is 338 Å². The van der Waals surface area contributed by atoms with Crippen LogP contribution < -0.4 is 24.8 Å². The van der Waals surface area contributed by atoms with Crippen molar-refractivity contribution in [1.29, 1.82) is 0 Å². The Bertz CT molecular complexity index is 2170. The summed E-state index contributed by atoms with van der Waals surface area (Å²) < 4.78 is 1.59. The van der Waals surface area contributed by atoms with Crippen molar-refractivity contribution < 1.29 is 49.0 Å². The summed E-state index contributed by atoms with van der Waals surface area (Å²) in [6, 6.07) is 46.9. The predicted molar refractivity (Wildman–Crippen MR) is 216 cm³/mol. The molecule has 0 unspecified atom stereocenters. The summed E-state index contributed by atoms with van der Waals surface area (Å²) in [5.74, 6) is 0. The van der Waals surface area contributed by atoms with Gasteiger partial charge < -0.3 is 24.8 Å². The molecule has 1 aliphatic rings. The van der Waals surface area contributed by atoms with Crippen molar-refractivity contribution in [2.24, 2.45) is 0 Å². The van der Waals surface area contributed by atoms with Gasteiger partial charge in [0.1, 0.15) is 0 Å². The molecule has 0 radical (unpaired) electrons. The molecule has 264 valence electrons. The molecule has 0 nitrogen and oxygen atoms in total. The standard InChI is InChI=1S/C23H18.C21H25.C5H5.2ClH.Zr/c1-3-16-22-18(8-1)10-5-12-20(22)14-7-15-21-13-6-11-19-9-2-4-17-23(19)21;1-20(2,3)16-7-9-18-14(12-16)11-15-13-17(21(4,5)6)8-10-19(15)18;1-2-4-5-3-1;;;/h1-6,8-13,16-17H,14-15H2;7-13H,1-6H3;1-3H,4H2;2*1H;/q;2*-1;;;+2/p-2. The third-order valence-corrected chi connectivity index (χ3v) is 10.5. The molecule has 1 aliphatic carbocycles. The van der Waals surface area contributed by atoms with Crippen LogP contribution in [0.5, 0.6) is 0 Å². The number of allylic oxidation sites excluding steroid dienone is 4. The van der Waals surface area contributed by atoms with Gasteiger partial charge in [-0.2, -0.15) is 6.08 Å². The normalized spacial score (nSPS) is 12.2. The van der Waals surface area contributed by atoms with Crippen LogP contribution in [0.4, 0.5) is 0 Å². The zero-order valence-electron chi connectivity index (χ0n) is 31.2. The molecule has 0 spiro atoms. The molecule has 0 N–H and O–H groups in total. The Morgan fingerprint density at radius 1 is 0.577 bits per heavy atom. The van der Waals surface area contributed by atoms with Gasteiger partial charge in [-0.1, -0.05) is 76.9 Å². The second-order valence-corrected chi connectivity index (χ2v) is 17.2. The van der Waals surface area contributed by atoms with Crippen LogP contribution in [0.1, 0.15) is 70.2 Å². The van der Waals surface area contributed by atoms with E-state index >= 15 is 0 Å². The number of hydrogen-bond acceptors (Lipinski definition) is 0. The second-order valence-electron chi connectivity index (χ2n) is 15.5. The van der Waals surface area contributed by atoms with E-state index in [4.69, 9.17) is 0 Å². The monoisotopic (exact) mass is 796 g/mol. The Morgan fingerprint density at radius 2 is 1.02 bits per heavy atom. The topological polar surface area (TPSA) is 0 Å². The van der Waals surface area contributed by atoms with Crippen LogP contribution in [0.2, 0.25) is 0 Å². The first kappa shape index (κ1) is 41.3. The van der Waals surface area contributed by atoms with Crippen LogP contribution in [-0.4, -0.2) is 3.21 Å². The minimum atomic E-state index is 0. The number of halogens is 2. The van der Waals surface area contributed by atoms with Crippen molar-refractivity contribution in [3.8, 4) is 0 Å². The van der Waals surface area contributed by atoms with Crippen LogP contribution in [0, 0.1) is 6.08 Å². The third-order valence-electron chi connectivity index (χ3n) is 9.59. The van der Waals surface area contributed by atoms with E-state index in [2.05, 4.69) is 181 Å². The molecule has 0 heterocycles. The van der Waals surface area contributed by atoms with Gasteiger partial charge in [0.15, 0.2) is 0 Å². The second kappa shape index (κ2) is 18.0. The maximum atomic E-state index is 2.99. The van der Waals surface area contributed by atoms with Crippen LogP contribution >= 0.6 is 0 Å². The van der Waals surface area contributed by atoms with Gasteiger partial charge in [0, 0.05) is 0 Å². The van der Waals surface area contributed by atoms with Gasteiger partial charge in [0.2, 0.25) is 0 Å². The molecular weight excluding hydrogens is 751 g/mol. The zero-order chi connectivity index (χ0) is 35.3. The van der Waals surface area contributed by atoms with Gasteiger partial charge in [0.05, 0.1) is 0 Å². The molecule has 7 aromatic carbocycles. The predicted octanol–water partition coefficient (Wildman–Crippen LogP) is 7.12. The molecule has 0 aromatic heterocycles. The zero-order valence-corrected chi connectivity index (χ0v) is 35.2. The first-order chi connectivity index (χ1) is 24.0. The van der Waals surface area contributed by atoms with E-state index in [0.29, 0.717) is 0 Å². The van der Waals surface area contributed by atoms with Crippen molar-refractivity contribution in [2.75, 3.05) is 0 Å². The summed E-state index contributed by atoms with van der Waals surface area (Å²) in [5.41, 5.74) is 6.10. The van der Waals surface area contributed by atoms with Crippen LogP contribution in [0.15, 0.2) is 146 Å². The quantitative estimate of drug-likeness (QED) is 0.167. The van der Waals surface area contributed by atoms with Crippen LogP contribution in [-0.2, 0) is 47.9 Å². The number of fused-ring (bicyclic) bond motifs is 5. The Hall–Kier alpha value is -3.48. The van der Waals surface area contributed by atoms with Crippen molar-refractivity contribution >= 4 is 46.3 Å². The fraction of sp³-hybridized carbons (Fsp3) is 0.224. The molecule has 3 heteroatoms. The van der Waals surface area contributed by atoms with Gasteiger partial charge >= 0.3 is 158 Å². The van der Waals surface area contributed by atoms with E-state index < -0.39 is 0 Å². The van der Waals surface area contributed by atoms with Crippen molar-refractivity contribution in [3.63, 3.8) is 0 Å². The molecule has 0 fully saturated rings. The third kappa shape index (κ3) is 10.1. The van der Waals surface area contributed by atoms with Crippen molar-refractivity contribution in [2.45, 2.75) is 71.6 Å². The first-order valence-electron chi connectivity index (χ1n) is 17.8. The summed E-state index contributed by atoms with van der Waals surface area (Å²) in [7, 11) is 0. The Morgan fingerprint density at radius 3 is 1.40 bits per heavy atom. The van der Waals surface area contributed by atoms with E-state index in [1.54, 1.807) is 3.21 Å². The summed E-state index contributed by atoms with van der Waals surface area (Å²) in [4.78, 5) is 0. The van der Waals surface area contributed by atoms with E-state index in [1.165, 1.54) is 89.6 Å². The number of rotatable bonds is 4. The Balaban J connectivity index is 0.000000199. The van der Waals surface area contributed by atoms with Gasteiger partial charge in [0.25, 0.3) is 0 Å². The molecule has 7 aromatic rings. The summed E-state index contributed by atoms with van der Waals surface area (Å²) >= 11 is 1.53. The van der Waals surface area contributed by atoms with E-state index in [0.717, 1.165) is 19.3 Å². The average Bonchev–Trinajstić information content (AvgIpc) is 3.80. The minimum absolute atomic E-state index is 0. The van der Waals surface area contributed by atoms with Gasteiger partial charge in [-0.15, -0.1) is 46.2 Å². The molecule has 0 aliphatic heterocycles. The van der Waals surface area contributed by atoms with E-state index in [1.807, 2.05) is 12.2 Å². The van der Waals surface area contributed by atoms with Gasteiger partial charge in [-0.25, -0.2) is 12.2 Å². The van der Waals surface area contributed by atoms with Crippen molar-refractivity contribution in [3.05, 3.63) is 174 Å². The van der Waals surface area contributed by atoms with Crippen molar-refractivity contribution in [1.82, 2.24) is 0 Å². The number of hydrogen-bond donors (Lipinski definition) is 0. The van der Waals surface area contributed by atoms with E-state index in [9.17, 15) is 0 Å². The SMILES string of the molecule is CC(C)(C)c1ccc2c(c1)[cH-]c1cc(C(C)(C)C)ccc12.[C-]1=CC=CC1.[Cl-].[Cl-].[Zr+2]=[C](Cc1cccc2ccccc12)Cc1cccc2ccccc12. The maximum absolute atomic E-state index is 2.99. The molecule has 52 heavy (non-hydrogen) atoms. The molecule has 0 amide bonds. The molecule has 0 saturated heterocycles. The molecule has 0 atom stereocenters.